The molecule has 150 valence electrons. The Labute approximate surface area is 165 Å². The quantitative estimate of drug-likeness (QED) is 0.708. The number of nitrogens with one attached hydrogen (secondary N) is 1. The minimum absolute atomic E-state index is 0.160. The van der Waals surface area contributed by atoms with Gasteiger partial charge in [0.2, 0.25) is 5.91 Å². The molecule has 1 N–H and O–H groups in total. The first-order chi connectivity index (χ1) is 13.6. The maximum absolute atomic E-state index is 13.2. The molecule has 1 heterocycles. The maximum atomic E-state index is 13.2. The topological polar surface area (TPSA) is 50.8 Å². The first-order valence-electron chi connectivity index (χ1n) is 9.57. The van der Waals surface area contributed by atoms with Crippen LogP contribution in [0.3, 0.4) is 0 Å². The molecule has 0 aliphatic carbocycles. The zero-order valence-electron chi connectivity index (χ0n) is 16.5. The summed E-state index contributed by atoms with van der Waals surface area (Å²) in [5.41, 5.74) is 3.23. The fourth-order valence-corrected chi connectivity index (χ4v) is 3.50. The highest BCUT2D eigenvalue weighted by Crippen LogP contribution is 2.33. The lowest BCUT2D eigenvalue weighted by Crippen LogP contribution is -2.36. The zero-order chi connectivity index (χ0) is 19.9. The molecule has 0 fully saturated rings. The third-order valence-corrected chi connectivity index (χ3v) is 5.03. The molecule has 0 bridgehead atoms. The van der Waals surface area contributed by atoms with Crippen LogP contribution in [0.2, 0.25) is 0 Å². The summed E-state index contributed by atoms with van der Waals surface area (Å²) in [4.78, 5) is 14.5. The van der Waals surface area contributed by atoms with E-state index < -0.39 is 0 Å². The van der Waals surface area contributed by atoms with Crippen LogP contribution < -0.4 is 14.8 Å². The molecule has 0 aromatic heterocycles. The lowest BCUT2D eigenvalue weighted by atomic mass is 9.98. The molecule has 0 unspecified atom stereocenters. The van der Waals surface area contributed by atoms with Crippen LogP contribution in [-0.2, 0) is 24.3 Å². The third kappa shape index (κ3) is 5.01. The summed E-state index contributed by atoms with van der Waals surface area (Å²) in [6.07, 6.45) is 2.07. The van der Waals surface area contributed by atoms with E-state index in [1.807, 2.05) is 23.1 Å². The van der Waals surface area contributed by atoms with Crippen molar-refractivity contribution in [1.29, 1.82) is 0 Å². The molecule has 0 radical (unpaired) electrons. The van der Waals surface area contributed by atoms with E-state index in [9.17, 15) is 9.18 Å². The molecule has 6 heteroatoms. The standard InChI is InChI=1S/C22H27FN2O3/c1-27-20-12-17-8-10-25(15-18(17)13-21(20)28-2)22(26)7-4-9-24-14-16-5-3-6-19(23)11-16/h3,5-6,11-13,24H,4,7-10,14-15H2,1-2H3. The van der Waals surface area contributed by atoms with Crippen LogP contribution >= 0.6 is 0 Å². The molecule has 0 spiro atoms. The largest absolute Gasteiger partial charge is 0.493 e. The van der Waals surface area contributed by atoms with Crippen molar-refractivity contribution < 1.29 is 18.7 Å². The molecule has 28 heavy (non-hydrogen) atoms. The van der Waals surface area contributed by atoms with Crippen molar-refractivity contribution in [2.75, 3.05) is 27.3 Å². The number of halogens is 1. The van der Waals surface area contributed by atoms with E-state index in [0.717, 1.165) is 42.8 Å². The number of carbonyl (C=O) groups is 1. The van der Waals surface area contributed by atoms with E-state index in [4.69, 9.17) is 9.47 Å². The van der Waals surface area contributed by atoms with Crippen molar-refractivity contribution in [2.45, 2.75) is 32.4 Å². The van der Waals surface area contributed by atoms with Crippen molar-refractivity contribution in [3.63, 3.8) is 0 Å². The summed E-state index contributed by atoms with van der Waals surface area (Å²) in [5.74, 6) is 1.35. The average Bonchev–Trinajstić information content (AvgIpc) is 2.71. The second-order valence-electron chi connectivity index (χ2n) is 6.95. The molecule has 1 amide bonds. The van der Waals surface area contributed by atoms with Crippen LogP contribution in [-0.4, -0.2) is 38.1 Å². The molecule has 2 aromatic carbocycles. The molecular weight excluding hydrogens is 359 g/mol. The fraction of sp³-hybridized carbons (Fsp3) is 0.409. The van der Waals surface area contributed by atoms with Crippen molar-refractivity contribution in [1.82, 2.24) is 10.2 Å². The van der Waals surface area contributed by atoms with Crippen LogP contribution in [0.15, 0.2) is 36.4 Å². The van der Waals surface area contributed by atoms with Crippen LogP contribution in [0.25, 0.3) is 0 Å². The van der Waals surface area contributed by atoms with Gasteiger partial charge < -0.3 is 19.7 Å². The van der Waals surface area contributed by atoms with Crippen LogP contribution in [0.1, 0.15) is 29.5 Å². The Morgan fingerprint density at radius 3 is 2.61 bits per heavy atom. The Hall–Kier alpha value is -2.60. The smallest absolute Gasteiger partial charge is 0.222 e. The van der Waals surface area contributed by atoms with Crippen molar-refractivity contribution in [3.05, 3.63) is 58.9 Å². The summed E-state index contributed by atoms with van der Waals surface area (Å²) in [6, 6.07) is 10.5. The van der Waals surface area contributed by atoms with E-state index >= 15 is 0 Å². The van der Waals surface area contributed by atoms with Gasteiger partial charge in [0.1, 0.15) is 5.82 Å². The van der Waals surface area contributed by atoms with Gasteiger partial charge in [-0.1, -0.05) is 12.1 Å². The van der Waals surface area contributed by atoms with Crippen molar-refractivity contribution in [2.24, 2.45) is 0 Å². The molecule has 2 aromatic rings. The second-order valence-corrected chi connectivity index (χ2v) is 6.95. The number of benzene rings is 2. The first kappa shape index (κ1) is 20.1. The van der Waals surface area contributed by atoms with Crippen LogP contribution in [0.5, 0.6) is 11.5 Å². The first-order valence-corrected chi connectivity index (χ1v) is 9.57. The highest BCUT2D eigenvalue weighted by Gasteiger charge is 2.22. The summed E-state index contributed by atoms with van der Waals surface area (Å²) >= 11 is 0. The van der Waals surface area contributed by atoms with E-state index in [-0.39, 0.29) is 11.7 Å². The van der Waals surface area contributed by atoms with Gasteiger partial charge in [-0.2, -0.15) is 0 Å². The molecule has 5 nitrogen and oxygen atoms in total. The Bertz CT molecular complexity index is 825. The van der Waals surface area contributed by atoms with Crippen molar-refractivity contribution in [3.8, 4) is 11.5 Å². The van der Waals surface area contributed by atoms with Gasteiger partial charge >= 0.3 is 0 Å². The predicted molar refractivity (Wildman–Crippen MR) is 106 cm³/mol. The monoisotopic (exact) mass is 386 g/mol. The lowest BCUT2D eigenvalue weighted by Gasteiger charge is -2.29. The number of amides is 1. The van der Waals surface area contributed by atoms with Gasteiger partial charge in [0.05, 0.1) is 14.2 Å². The molecule has 0 saturated heterocycles. The molecule has 3 rings (SSSR count). The minimum Gasteiger partial charge on any atom is -0.493 e. The lowest BCUT2D eigenvalue weighted by molar-refractivity contribution is -0.132. The van der Waals surface area contributed by atoms with E-state index in [1.54, 1.807) is 20.3 Å². The van der Waals surface area contributed by atoms with Crippen LogP contribution in [0, 0.1) is 5.82 Å². The van der Waals surface area contributed by atoms with Gasteiger partial charge in [-0.25, -0.2) is 4.39 Å². The molecule has 0 atom stereocenters. The van der Waals surface area contributed by atoms with Crippen molar-refractivity contribution >= 4 is 5.91 Å². The Kier molecular flexibility index (Phi) is 6.87. The molecule has 1 aliphatic rings. The van der Waals surface area contributed by atoms with Gasteiger partial charge in [-0.15, -0.1) is 0 Å². The molecular formula is C22H27FN2O3. The highest BCUT2D eigenvalue weighted by molar-refractivity contribution is 5.76. The van der Waals surface area contributed by atoms with Crippen LogP contribution in [0.4, 0.5) is 4.39 Å². The van der Waals surface area contributed by atoms with Gasteiger partial charge in [0, 0.05) is 26.1 Å². The Morgan fingerprint density at radius 2 is 1.89 bits per heavy atom. The number of hydrogen-bond acceptors (Lipinski definition) is 4. The molecule has 0 saturated carbocycles. The number of nitrogens with zero attached hydrogens (tertiary/aromatic N) is 1. The van der Waals surface area contributed by atoms with E-state index in [2.05, 4.69) is 5.32 Å². The molecule has 1 aliphatic heterocycles. The normalized spacial score (nSPS) is 13.2. The van der Waals surface area contributed by atoms with E-state index in [1.165, 1.54) is 17.7 Å². The number of methoxy groups -OCH3 is 2. The fourth-order valence-electron chi connectivity index (χ4n) is 3.50. The van der Waals surface area contributed by atoms with Gasteiger partial charge in [-0.3, -0.25) is 4.79 Å². The predicted octanol–water partition coefficient (Wildman–Crippen LogP) is 3.30. The number of carbonyl (C=O) groups excluding carboxylic acids is 1. The summed E-state index contributed by atoms with van der Waals surface area (Å²) in [5, 5.41) is 3.26. The number of ether oxygens (including phenoxy) is 2. The van der Waals surface area contributed by atoms with Gasteiger partial charge in [-0.05, 0) is 60.3 Å². The minimum atomic E-state index is -0.228. The summed E-state index contributed by atoms with van der Waals surface area (Å²) in [6.45, 7) is 2.64. The number of hydrogen-bond donors (Lipinski definition) is 1. The summed E-state index contributed by atoms with van der Waals surface area (Å²) in [7, 11) is 3.25. The van der Waals surface area contributed by atoms with Gasteiger partial charge in [0.25, 0.3) is 0 Å². The second kappa shape index (κ2) is 9.55. The Morgan fingerprint density at radius 1 is 1.14 bits per heavy atom. The number of fused-ring (bicyclic) bond motifs is 1. The maximum Gasteiger partial charge on any atom is 0.222 e. The summed E-state index contributed by atoms with van der Waals surface area (Å²) < 4.78 is 23.9. The SMILES string of the molecule is COc1cc2c(cc1OC)CN(C(=O)CCCNCc1cccc(F)c1)CC2. The van der Waals surface area contributed by atoms with Gasteiger partial charge in [0.15, 0.2) is 11.5 Å². The Balaban J connectivity index is 1.45. The zero-order valence-corrected chi connectivity index (χ0v) is 16.5. The number of rotatable bonds is 8. The van der Waals surface area contributed by atoms with E-state index in [0.29, 0.717) is 25.3 Å². The third-order valence-electron chi connectivity index (χ3n) is 5.03. The highest BCUT2D eigenvalue weighted by atomic mass is 19.1. The average molecular weight is 386 g/mol.